The molecule has 0 saturated carbocycles. The summed E-state index contributed by atoms with van der Waals surface area (Å²) in [5, 5.41) is 13.1. The van der Waals surface area contributed by atoms with Crippen molar-refractivity contribution in [1.82, 2.24) is 19.9 Å². The van der Waals surface area contributed by atoms with Gasteiger partial charge in [0.1, 0.15) is 24.3 Å². The van der Waals surface area contributed by atoms with E-state index >= 15 is 0 Å². The van der Waals surface area contributed by atoms with Crippen molar-refractivity contribution in [1.29, 1.82) is 0 Å². The van der Waals surface area contributed by atoms with Crippen LogP contribution in [0.1, 0.15) is 0 Å². The van der Waals surface area contributed by atoms with E-state index in [0.717, 1.165) is 68.5 Å². The molecule has 0 spiro atoms. The third-order valence-corrected chi connectivity index (χ3v) is 12.5. The van der Waals surface area contributed by atoms with Crippen LogP contribution in [0.5, 0.6) is 0 Å². The number of anilines is 8. The molecule has 2 aliphatic rings. The number of para-hydroxylation sites is 6. The van der Waals surface area contributed by atoms with Crippen molar-refractivity contribution in [3.63, 3.8) is 0 Å². The van der Waals surface area contributed by atoms with Crippen molar-refractivity contribution in [2.24, 2.45) is 9.98 Å². The van der Waals surface area contributed by atoms with Gasteiger partial charge in [0.2, 0.25) is 0 Å². The minimum Gasteiger partial charge on any atom is -0.491 e. The Morgan fingerprint density at radius 3 is 1.09 bits per heavy atom. The maximum Gasteiger partial charge on any atom is 0.129 e. The molecule has 408 valence electrons. The molecule has 2 aromatic heterocycles. The summed E-state index contributed by atoms with van der Waals surface area (Å²) >= 11 is 0. The Kier molecular flexibility index (Phi) is 20.2. The Labute approximate surface area is 506 Å². The summed E-state index contributed by atoms with van der Waals surface area (Å²) in [5.41, 5.74) is 9.59. The Balaban J connectivity index is 0.000000135. The van der Waals surface area contributed by atoms with Gasteiger partial charge in [0.05, 0.1) is 23.8 Å². The minimum atomic E-state index is 0. The fourth-order valence-corrected chi connectivity index (χ4v) is 8.63. The quantitative estimate of drug-likeness (QED) is 0.0755. The van der Waals surface area contributed by atoms with Crippen molar-refractivity contribution >= 4 is 103 Å². The Bertz CT molecular complexity index is 3680. The molecule has 0 radical (unpaired) electrons. The fourth-order valence-electron chi connectivity index (χ4n) is 8.63. The van der Waals surface area contributed by atoms with Crippen molar-refractivity contribution in [2.45, 2.75) is 0 Å². The second-order valence-corrected chi connectivity index (χ2v) is 17.8. The zero-order valence-corrected chi connectivity index (χ0v) is 48.4. The normalized spacial score (nSPS) is 11.9. The average molecular weight is 1430 g/mol. The SMILES string of the molecule is C(=Nc1ccccc1)[N-]c1ccccc1.C(=Nc1ccccc1)[N-]c1ccccc1.[Pt].[Pt].[c-]1cc2ccccc2cc1N1[CH-]N(c2ccccc2)c2ncncc21.[c-]1cc2ccccc2cc1N1[CH-]N(c2ccccc2)c2ncncc21. The Hall–Kier alpha value is -9.60. The smallest absolute Gasteiger partial charge is 0.129 e. The molecular weight excluding hydrogens is 1370 g/mol. The van der Waals surface area contributed by atoms with E-state index in [4.69, 9.17) is 0 Å². The first-order valence-corrected chi connectivity index (χ1v) is 25.8. The molecule has 2 aliphatic heterocycles. The van der Waals surface area contributed by atoms with Gasteiger partial charge in [0.15, 0.2) is 0 Å². The van der Waals surface area contributed by atoms with Gasteiger partial charge >= 0.3 is 0 Å². The monoisotopic (exact) mass is 1420 g/mol. The number of hydrogen-bond acceptors (Lipinski definition) is 10. The van der Waals surface area contributed by atoms with E-state index < -0.39 is 0 Å². The first-order chi connectivity index (χ1) is 39.7. The summed E-state index contributed by atoms with van der Waals surface area (Å²) in [5.74, 6) is 1.73. The molecule has 10 aromatic carbocycles. The summed E-state index contributed by atoms with van der Waals surface area (Å²) in [6, 6.07) is 91.1. The van der Waals surface area contributed by atoms with E-state index in [9.17, 15) is 0 Å². The number of benzene rings is 10. The van der Waals surface area contributed by atoms with Gasteiger partial charge in [-0.1, -0.05) is 207 Å². The van der Waals surface area contributed by atoms with E-state index in [0.29, 0.717) is 0 Å². The third kappa shape index (κ3) is 14.6. The van der Waals surface area contributed by atoms with Gasteiger partial charge in [0.25, 0.3) is 0 Å². The predicted molar refractivity (Wildman–Crippen MR) is 328 cm³/mol. The van der Waals surface area contributed by atoms with Gasteiger partial charge < -0.3 is 40.2 Å². The van der Waals surface area contributed by atoms with Crippen LogP contribution >= 0.6 is 0 Å². The van der Waals surface area contributed by atoms with E-state index in [1.165, 1.54) is 21.5 Å². The first-order valence-electron chi connectivity index (χ1n) is 25.8. The summed E-state index contributed by atoms with van der Waals surface area (Å²) in [6.07, 6.45) is 9.98. The molecule has 0 N–H and O–H groups in total. The number of rotatable bonds is 10. The van der Waals surface area contributed by atoms with Crippen LogP contribution in [0.15, 0.2) is 290 Å². The van der Waals surface area contributed by atoms with Crippen LogP contribution in [0, 0.1) is 25.5 Å². The van der Waals surface area contributed by atoms with E-state index in [1.807, 2.05) is 220 Å². The van der Waals surface area contributed by atoms with E-state index in [-0.39, 0.29) is 42.1 Å². The van der Waals surface area contributed by atoms with Crippen LogP contribution in [0.25, 0.3) is 32.2 Å². The number of aliphatic imine (C=N–C) groups is 2. The summed E-state index contributed by atoms with van der Waals surface area (Å²) in [4.78, 5) is 34.1. The van der Waals surface area contributed by atoms with Gasteiger partial charge in [0, 0.05) is 53.5 Å². The number of nitrogens with zero attached hydrogens (tertiary/aromatic N) is 12. The standard InChI is InChI=1S/2C21H14N4.2C13H11N2.2Pt/c2*1-2-8-18(9-3-1)25-15-24(20-13-22-14-23-21(20)25)19-11-10-16-6-4-5-7-17(16)12-19;2*1-3-7-12(8-4-1)14-11-15-13-9-5-2-6-10-13;;/h2*1-10,12-15H;2*1-11H;;/q2*-2;2*-1;;. The largest absolute Gasteiger partial charge is 0.491 e. The third-order valence-electron chi connectivity index (χ3n) is 12.5. The predicted octanol–water partition coefficient (Wildman–Crippen LogP) is 17.8. The molecular formula is C68H50N12Pt2-6. The van der Waals surface area contributed by atoms with Gasteiger partial charge in [-0.2, -0.15) is 24.3 Å². The van der Waals surface area contributed by atoms with Gasteiger partial charge in [-0.3, -0.25) is 0 Å². The molecule has 0 bridgehead atoms. The molecule has 12 aromatic rings. The maximum absolute atomic E-state index is 4.48. The Morgan fingerprint density at radius 2 is 0.707 bits per heavy atom. The van der Waals surface area contributed by atoms with Crippen LogP contribution in [0.3, 0.4) is 0 Å². The van der Waals surface area contributed by atoms with Gasteiger partial charge in [-0.05, 0) is 47.0 Å². The van der Waals surface area contributed by atoms with E-state index in [1.54, 1.807) is 25.3 Å². The van der Waals surface area contributed by atoms with Crippen LogP contribution in [0.2, 0.25) is 0 Å². The number of aromatic nitrogens is 4. The molecule has 4 heterocycles. The van der Waals surface area contributed by atoms with E-state index in [2.05, 4.69) is 133 Å². The van der Waals surface area contributed by atoms with Crippen LogP contribution < -0.4 is 19.6 Å². The van der Waals surface area contributed by atoms with Crippen molar-refractivity contribution in [3.8, 4) is 0 Å². The molecule has 0 aliphatic carbocycles. The topological polar surface area (TPSA) is 117 Å². The van der Waals surface area contributed by atoms with Crippen LogP contribution in [-0.2, 0) is 42.1 Å². The number of fused-ring (bicyclic) bond motifs is 4. The summed E-state index contributed by atoms with van der Waals surface area (Å²) in [6.45, 7) is 4.07. The van der Waals surface area contributed by atoms with Gasteiger partial charge in [-0.25, -0.2) is 19.9 Å². The fraction of sp³-hybridized carbons (Fsp3) is 0. The van der Waals surface area contributed by atoms with Crippen LogP contribution in [-0.4, -0.2) is 32.6 Å². The molecule has 0 atom stereocenters. The summed E-state index contributed by atoms with van der Waals surface area (Å²) in [7, 11) is 0. The van der Waals surface area contributed by atoms with Crippen LogP contribution in [0.4, 0.5) is 68.5 Å². The maximum atomic E-state index is 4.48. The molecule has 12 nitrogen and oxygen atoms in total. The molecule has 0 saturated heterocycles. The molecule has 0 amide bonds. The van der Waals surface area contributed by atoms with Crippen molar-refractivity contribution < 1.29 is 42.1 Å². The zero-order chi connectivity index (χ0) is 54.0. The molecule has 82 heavy (non-hydrogen) atoms. The molecule has 0 unspecified atom stereocenters. The second-order valence-electron chi connectivity index (χ2n) is 17.8. The first kappa shape index (κ1) is 57.1. The average Bonchev–Trinajstić information content (AvgIpc) is 3.38. The van der Waals surface area contributed by atoms with Crippen molar-refractivity contribution in [2.75, 3.05) is 19.6 Å². The molecule has 0 fully saturated rings. The minimum absolute atomic E-state index is 0. The zero-order valence-electron chi connectivity index (χ0n) is 43.9. The molecule has 14 heteroatoms. The van der Waals surface area contributed by atoms with Gasteiger partial charge in [-0.15, -0.1) is 70.5 Å². The number of hydrogen-bond donors (Lipinski definition) is 0. The molecule has 14 rings (SSSR count). The summed E-state index contributed by atoms with van der Waals surface area (Å²) < 4.78 is 0. The second kappa shape index (κ2) is 29.0. The van der Waals surface area contributed by atoms with Crippen molar-refractivity contribution in [3.05, 3.63) is 316 Å². The Morgan fingerprint density at radius 1 is 0.378 bits per heavy atom.